The first kappa shape index (κ1) is 15.7. The molecule has 1 atom stereocenters. The van der Waals surface area contributed by atoms with Gasteiger partial charge in [0.05, 0.1) is 4.88 Å². The van der Waals surface area contributed by atoms with E-state index in [1.165, 1.54) is 17.7 Å². The van der Waals surface area contributed by atoms with Crippen LogP contribution in [0.25, 0.3) is 10.6 Å². The second-order valence-corrected chi connectivity index (χ2v) is 5.74. The number of thiophene rings is 1. The summed E-state index contributed by atoms with van der Waals surface area (Å²) in [5.41, 5.74) is 0.351. The zero-order valence-corrected chi connectivity index (χ0v) is 13.4. The number of nitrogens with one attached hydrogen (secondary N) is 1. The molecule has 6 heteroatoms. The smallest absolute Gasteiger partial charge is 0.274 e. The standard InChI is InChI=1S/C15H21N3O2S/c1-4-18(5-2)11(3)9-16-15(19)13-14(20-10-17-13)12-7-6-8-21-12/h6-8,10-11H,4-5,9H2,1-3H3,(H,16,19). The van der Waals surface area contributed by atoms with Crippen LogP contribution in [0.15, 0.2) is 28.3 Å². The summed E-state index contributed by atoms with van der Waals surface area (Å²) in [6.45, 7) is 8.88. The van der Waals surface area contributed by atoms with Crippen molar-refractivity contribution < 1.29 is 9.21 Å². The van der Waals surface area contributed by atoms with Gasteiger partial charge in [-0.05, 0) is 31.5 Å². The molecule has 0 fully saturated rings. The van der Waals surface area contributed by atoms with Crippen LogP contribution in [0.5, 0.6) is 0 Å². The summed E-state index contributed by atoms with van der Waals surface area (Å²) in [6, 6.07) is 4.13. The summed E-state index contributed by atoms with van der Waals surface area (Å²) in [7, 11) is 0. The molecule has 0 aliphatic carbocycles. The number of oxazole rings is 1. The average molecular weight is 307 g/mol. The van der Waals surface area contributed by atoms with Crippen LogP contribution in [-0.2, 0) is 0 Å². The lowest BCUT2D eigenvalue weighted by molar-refractivity contribution is 0.0934. The van der Waals surface area contributed by atoms with Gasteiger partial charge in [0.25, 0.3) is 5.91 Å². The second kappa shape index (κ2) is 7.38. The lowest BCUT2D eigenvalue weighted by Crippen LogP contribution is -2.42. The Morgan fingerprint density at radius 2 is 2.24 bits per heavy atom. The van der Waals surface area contributed by atoms with Crippen LogP contribution in [-0.4, -0.2) is 41.5 Å². The Bertz CT molecular complexity index is 561. The molecule has 0 saturated carbocycles. The second-order valence-electron chi connectivity index (χ2n) is 4.79. The van der Waals surface area contributed by atoms with Gasteiger partial charge in [0.2, 0.25) is 0 Å². The summed E-state index contributed by atoms with van der Waals surface area (Å²) < 4.78 is 5.35. The number of carbonyl (C=O) groups excluding carboxylic acids is 1. The molecule has 0 aliphatic rings. The highest BCUT2D eigenvalue weighted by atomic mass is 32.1. The van der Waals surface area contributed by atoms with E-state index in [2.05, 4.69) is 36.0 Å². The monoisotopic (exact) mass is 307 g/mol. The van der Waals surface area contributed by atoms with E-state index < -0.39 is 0 Å². The summed E-state index contributed by atoms with van der Waals surface area (Å²) in [5.74, 6) is 0.351. The van der Waals surface area contributed by atoms with Crippen LogP contribution in [0.3, 0.4) is 0 Å². The maximum atomic E-state index is 12.3. The van der Waals surface area contributed by atoms with Crippen molar-refractivity contribution in [2.45, 2.75) is 26.8 Å². The molecule has 0 radical (unpaired) electrons. The van der Waals surface area contributed by atoms with Gasteiger partial charge in [-0.15, -0.1) is 11.3 Å². The van der Waals surface area contributed by atoms with Crippen LogP contribution in [0.2, 0.25) is 0 Å². The van der Waals surface area contributed by atoms with Crippen molar-refractivity contribution in [2.75, 3.05) is 19.6 Å². The predicted octanol–water partition coefficient (Wildman–Crippen LogP) is 2.86. The largest absolute Gasteiger partial charge is 0.442 e. The minimum atomic E-state index is -0.189. The molecule has 2 heterocycles. The first-order chi connectivity index (χ1) is 10.2. The molecule has 0 bridgehead atoms. The van der Waals surface area contributed by atoms with Crippen molar-refractivity contribution in [3.05, 3.63) is 29.6 Å². The third-order valence-corrected chi connectivity index (χ3v) is 4.39. The maximum Gasteiger partial charge on any atom is 0.274 e. The fourth-order valence-corrected chi connectivity index (χ4v) is 3.00. The lowest BCUT2D eigenvalue weighted by atomic mass is 10.2. The molecule has 2 aromatic rings. The molecule has 0 aromatic carbocycles. The van der Waals surface area contributed by atoms with E-state index in [1.807, 2.05) is 17.5 Å². The van der Waals surface area contributed by atoms with Crippen molar-refractivity contribution >= 4 is 17.2 Å². The molecule has 5 nitrogen and oxygen atoms in total. The molecule has 0 saturated heterocycles. The van der Waals surface area contributed by atoms with Crippen molar-refractivity contribution in [1.82, 2.24) is 15.2 Å². The number of rotatable bonds is 7. The minimum absolute atomic E-state index is 0.189. The highest BCUT2D eigenvalue weighted by Gasteiger charge is 2.20. The van der Waals surface area contributed by atoms with Gasteiger partial charge >= 0.3 is 0 Å². The van der Waals surface area contributed by atoms with E-state index in [9.17, 15) is 4.79 Å². The van der Waals surface area contributed by atoms with E-state index in [1.54, 1.807) is 0 Å². The molecule has 0 aliphatic heterocycles. The van der Waals surface area contributed by atoms with E-state index in [-0.39, 0.29) is 5.91 Å². The molecule has 2 rings (SSSR count). The van der Waals surface area contributed by atoms with Crippen molar-refractivity contribution in [2.24, 2.45) is 0 Å². The molecule has 1 unspecified atom stereocenters. The van der Waals surface area contributed by atoms with Gasteiger partial charge in [0, 0.05) is 12.6 Å². The Morgan fingerprint density at radius 3 is 2.86 bits per heavy atom. The van der Waals surface area contributed by atoms with E-state index >= 15 is 0 Å². The number of aromatic nitrogens is 1. The normalized spacial score (nSPS) is 12.6. The molecule has 114 valence electrons. The zero-order chi connectivity index (χ0) is 15.2. The van der Waals surface area contributed by atoms with Crippen LogP contribution in [0.4, 0.5) is 0 Å². The van der Waals surface area contributed by atoms with Crippen LogP contribution < -0.4 is 5.32 Å². The molecule has 1 amide bonds. The summed E-state index contributed by atoms with van der Waals surface area (Å²) >= 11 is 1.53. The SMILES string of the molecule is CCN(CC)C(C)CNC(=O)c1ncoc1-c1cccs1. The zero-order valence-electron chi connectivity index (χ0n) is 12.6. The van der Waals surface area contributed by atoms with Gasteiger partial charge < -0.3 is 9.73 Å². The average Bonchev–Trinajstić information content (AvgIpc) is 3.15. The Hall–Kier alpha value is -1.66. The number of hydrogen-bond acceptors (Lipinski definition) is 5. The fraction of sp³-hybridized carbons (Fsp3) is 0.467. The van der Waals surface area contributed by atoms with Gasteiger partial charge in [-0.1, -0.05) is 19.9 Å². The van der Waals surface area contributed by atoms with Gasteiger partial charge in [0.1, 0.15) is 0 Å². The predicted molar refractivity (Wildman–Crippen MR) is 84.5 cm³/mol. The number of nitrogens with zero attached hydrogens (tertiary/aromatic N) is 2. The molecular weight excluding hydrogens is 286 g/mol. The highest BCUT2D eigenvalue weighted by Crippen LogP contribution is 2.27. The van der Waals surface area contributed by atoms with Crippen LogP contribution in [0, 0.1) is 0 Å². The van der Waals surface area contributed by atoms with E-state index in [4.69, 9.17) is 4.42 Å². The van der Waals surface area contributed by atoms with Crippen molar-refractivity contribution in [3.63, 3.8) is 0 Å². The Kier molecular flexibility index (Phi) is 5.52. The van der Waals surface area contributed by atoms with E-state index in [0.29, 0.717) is 24.0 Å². The van der Waals surface area contributed by atoms with Gasteiger partial charge in [0.15, 0.2) is 17.8 Å². The lowest BCUT2D eigenvalue weighted by Gasteiger charge is -2.26. The highest BCUT2D eigenvalue weighted by molar-refractivity contribution is 7.13. The summed E-state index contributed by atoms with van der Waals surface area (Å²) in [5, 5.41) is 4.88. The summed E-state index contributed by atoms with van der Waals surface area (Å²) in [4.78, 5) is 19.5. The van der Waals surface area contributed by atoms with Gasteiger partial charge in [-0.3, -0.25) is 9.69 Å². The molecular formula is C15H21N3O2S. The Balaban J connectivity index is 2.00. The van der Waals surface area contributed by atoms with Crippen LogP contribution in [0.1, 0.15) is 31.3 Å². The van der Waals surface area contributed by atoms with Gasteiger partial charge in [-0.2, -0.15) is 0 Å². The molecule has 0 spiro atoms. The first-order valence-corrected chi connectivity index (χ1v) is 8.04. The maximum absolute atomic E-state index is 12.3. The number of carbonyl (C=O) groups is 1. The fourth-order valence-electron chi connectivity index (χ4n) is 2.29. The third-order valence-electron chi connectivity index (χ3n) is 3.52. The quantitative estimate of drug-likeness (QED) is 0.854. The van der Waals surface area contributed by atoms with Gasteiger partial charge in [-0.25, -0.2) is 4.98 Å². The Labute approximate surface area is 129 Å². The first-order valence-electron chi connectivity index (χ1n) is 7.16. The van der Waals surface area contributed by atoms with Crippen LogP contribution >= 0.6 is 11.3 Å². The Morgan fingerprint density at radius 1 is 1.48 bits per heavy atom. The summed E-state index contributed by atoms with van der Waals surface area (Å²) in [6.07, 6.45) is 1.32. The van der Waals surface area contributed by atoms with Crippen molar-refractivity contribution in [3.8, 4) is 10.6 Å². The third kappa shape index (κ3) is 3.71. The minimum Gasteiger partial charge on any atom is -0.442 e. The topological polar surface area (TPSA) is 58.4 Å². The molecule has 1 N–H and O–H groups in total. The molecule has 21 heavy (non-hydrogen) atoms. The van der Waals surface area contributed by atoms with Crippen molar-refractivity contribution in [1.29, 1.82) is 0 Å². The molecule has 2 aromatic heterocycles. The number of likely N-dealkylation sites (N-methyl/N-ethyl adjacent to an activating group) is 1. The number of amides is 1. The van der Waals surface area contributed by atoms with E-state index in [0.717, 1.165) is 18.0 Å². The number of hydrogen-bond donors (Lipinski definition) is 1.